The molecule has 1 atom stereocenters. The van der Waals surface area contributed by atoms with E-state index in [4.69, 9.17) is 15.2 Å². The Balaban J connectivity index is 2.31. The first kappa shape index (κ1) is 12.7. The second-order valence-corrected chi connectivity index (χ2v) is 4.53. The summed E-state index contributed by atoms with van der Waals surface area (Å²) in [5.41, 5.74) is 7.32. The smallest absolute Gasteiger partial charge is 0.231 e. The van der Waals surface area contributed by atoms with Crippen LogP contribution in [0.4, 0.5) is 5.69 Å². The number of carbonyl (C=O) groups is 1. The minimum absolute atomic E-state index is 0.000495. The molecule has 98 valence electrons. The van der Waals surface area contributed by atoms with Crippen molar-refractivity contribution in [2.75, 3.05) is 25.3 Å². The molecule has 1 amide bonds. The molecule has 2 rings (SSSR count). The van der Waals surface area contributed by atoms with E-state index in [1.807, 2.05) is 26.0 Å². The quantitative estimate of drug-likeness (QED) is 0.877. The molecule has 1 heterocycles. The van der Waals surface area contributed by atoms with Gasteiger partial charge in [0, 0.05) is 25.6 Å². The first-order chi connectivity index (χ1) is 8.54. The summed E-state index contributed by atoms with van der Waals surface area (Å²) in [5.74, 6) is 1.21. The summed E-state index contributed by atoms with van der Waals surface area (Å²) in [5, 5.41) is 0. The molecule has 0 aliphatic carbocycles. The summed E-state index contributed by atoms with van der Waals surface area (Å²) < 4.78 is 10.6. The van der Waals surface area contributed by atoms with Crippen molar-refractivity contribution in [3.05, 3.63) is 17.7 Å². The maximum absolute atomic E-state index is 12.1. The number of hydrogen-bond donors (Lipinski definition) is 1. The van der Waals surface area contributed by atoms with E-state index in [2.05, 4.69) is 0 Å². The van der Waals surface area contributed by atoms with E-state index in [0.717, 1.165) is 17.0 Å². The van der Waals surface area contributed by atoms with Gasteiger partial charge in [0.2, 0.25) is 12.7 Å². The standard InChI is InChI=1S/C13H18N2O3/c1-8-4-11-12(18-7-17-11)5-10(8)15(3)13(16)9(2)6-14/h4-5,9H,6-7,14H2,1-3H3. The minimum Gasteiger partial charge on any atom is -0.454 e. The number of anilines is 1. The predicted molar refractivity (Wildman–Crippen MR) is 68.9 cm³/mol. The van der Waals surface area contributed by atoms with E-state index in [0.29, 0.717) is 12.3 Å². The molecule has 18 heavy (non-hydrogen) atoms. The normalized spacial score (nSPS) is 14.4. The molecule has 0 radical (unpaired) electrons. The number of aryl methyl sites for hydroxylation is 1. The first-order valence-electron chi connectivity index (χ1n) is 5.92. The van der Waals surface area contributed by atoms with Crippen LogP contribution in [0.3, 0.4) is 0 Å². The Morgan fingerprint density at radius 1 is 1.44 bits per heavy atom. The van der Waals surface area contributed by atoms with Crippen LogP contribution >= 0.6 is 0 Å². The summed E-state index contributed by atoms with van der Waals surface area (Å²) in [4.78, 5) is 13.7. The predicted octanol–water partition coefficient (Wildman–Crippen LogP) is 1.28. The third-order valence-corrected chi connectivity index (χ3v) is 3.16. The summed E-state index contributed by atoms with van der Waals surface area (Å²) in [6, 6.07) is 3.72. The van der Waals surface area contributed by atoms with Gasteiger partial charge in [-0.3, -0.25) is 4.79 Å². The third kappa shape index (κ3) is 2.13. The largest absolute Gasteiger partial charge is 0.454 e. The van der Waals surface area contributed by atoms with Gasteiger partial charge in [0.1, 0.15) is 0 Å². The Morgan fingerprint density at radius 2 is 2.06 bits per heavy atom. The fourth-order valence-electron chi connectivity index (χ4n) is 1.94. The lowest BCUT2D eigenvalue weighted by Crippen LogP contribution is -2.35. The van der Waals surface area contributed by atoms with Crippen LogP contribution in [0.15, 0.2) is 12.1 Å². The Morgan fingerprint density at radius 3 is 2.67 bits per heavy atom. The number of rotatable bonds is 3. The van der Waals surface area contributed by atoms with Crippen molar-refractivity contribution < 1.29 is 14.3 Å². The fraction of sp³-hybridized carbons (Fsp3) is 0.462. The van der Waals surface area contributed by atoms with Gasteiger partial charge in [0.25, 0.3) is 0 Å². The molecule has 1 aliphatic rings. The topological polar surface area (TPSA) is 64.8 Å². The molecule has 0 bridgehead atoms. The molecule has 0 aromatic heterocycles. The van der Waals surface area contributed by atoms with Crippen molar-refractivity contribution in [1.29, 1.82) is 0 Å². The summed E-state index contributed by atoms with van der Waals surface area (Å²) in [7, 11) is 1.75. The Bertz CT molecular complexity index is 474. The maximum atomic E-state index is 12.1. The molecule has 1 aromatic carbocycles. The van der Waals surface area contributed by atoms with Crippen molar-refractivity contribution in [2.24, 2.45) is 11.7 Å². The zero-order chi connectivity index (χ0) is 13.3. The second-order valence-electron chi connectivity index (χ2n) is 4.53. The molecule has 5 heteroatoms. The minimum atomic E-state index is -0.195. The molecule has 5 nitrogen and oxygen atoms in total. The Hall–Kier alpha value is -1.75. The number of fused-ring (bicyclic) bond motifs is 1. The van der Waals surface area contributed by atoms with Gasteiger partial charge in [-0.1, -0.05) is 6.92 Å². The molecule has 0 saturated heterocycles. The molecular formula is C13H18N2O3. The zero-order valence-electron chi connectivity index (χ0n) is 10.9. The van der Waals surface area contributed by atoms with E-state index in [9.17, 15) is 4.79 Å². The van der Waals surface area contributed by atoms with Gasteiger partial charge in [-0.2, -0.15) is 0 Å². The van der Waals surface area contributed by atoms with Crippen molar-refractivity contribution in [3.8, 4) is 11.5 Å². The van der Waals surface area contributed by atoms with E-state index < -0.39 is 0 Å². The number of ether oxygens (including phenoxy) is 2. The van der Waals surface area contributed by atoms with E-state index >= 15 is 0 Å². The lowest BCUT2D eigenvalue weighted by molar-refractivity contribution is -0.121. The van der Waals surface area contributed by atoms with Crippen LogP contribution in [0.1, 0.15) is 12.5 Å². The lowest BCUT2D eigenvalue weighted by atomic mass is 10.1. The molecular weight excluding hydrogens is 232 g/mol. The Kier molecular flexibility index (Phi) is 3.43. The highest BCUT2D eigenvalue weighted by Gasteiger charge is 2.22. The summed E-state index contributed by atoms with van der Waals surface area (Å²) in [6.07, 6.45) is 0. The highest BCUT2D eigenvalue weighted by molar-refractivity contribution is 5.95. The highest BCUT2D eigenvalue weighted by atomic mass is 16.7. The van der Waals surface area contributed by atoms with Crippen LogP contribution < -0.4 is 20.1 Å². The number of hydrogen-bond acceptors (Lipinski definition) is 4. The zero-order valence-corrected chi connectivity index (χ0v) is 10.9. The van der Waals surface area contributed by atoms with Gasteiger partial charge in [-0.05, 0) is 18.6 Å². The number of amides is 1. The van der Waals surface area contributed by atoms with Crippen molar-refractivity contribution in [3.63, 3.8) is 0 Å². The van der Waals surface area contributed by atoms with E-state index in [1.165, 1.54) is 0 Å². The van der Waals surface area contributed by atoms with Crippen LogP contribution in [-0.2, 0) is 4.79 Å². The van der Waals surface area contributed by atoms with Gasteiger partial charge in [0.15, 0.2) is 11.5 Å². The van der Waals surface area contributed by atoms with Crippen molar-refractivity contribution in [2.45, 2.75) is 13.8 Å². The molecule has 0 fully saturated rings. The van der Waals surface area contributed by atoms with Gasteiger partial charge < -0.3 is 20.1 Å². The van der Waals surface area contributed by atoms with Gasteiger partial charge in [-0.15, -0.1) is 0 Å². The molecule has 1 aromatic rings. The van der Waals surface area contributed by atoms with Crippen LogP contribution in [0.5, 0.6) is 11.5 Å². The lowest BCUT2D eigenvalue weighted by Gasteiger charge is -2.22. The SMILES string of the molecule is Cc1cc2c(cc1N(C)C(=O)C(C)CN)OCO2. The number of nitrogens with two attached hydrogens (primary N) is 1. The van der Waals surface area contributed by atoms with Crippen LogP contribution in [0.2, 0.25) is 0 Å². The molecule has 1 unspecified atom stereocenters. The van der Waals surface area contributed by atoms with E-state index in [-0.39, 0.29) is 18.6 Å². The monoisotopic (exact) mass is 250 g/mol. The van der Waals surface area contributed by atoms with Gasteiger partial charge >= 0.3 is 0 Å². The van der Waals surface area contributed by atoms with Crippen LogP contribution in [0, 0.1) is 12.8 Å². The second kappa shape index (κ2) is 4.86. The molecule has 2 N–H and O–H groups in total. The van der Waals surface area contributed by atoms with E-state index in [1.54, 1.807) is 11.9 Å². The first-order valence-corrected chi connectivity index (χ1v) is 5.92. The number of nitrogens with zero attached hydrogens (tertiary/aromatic N) is 1. The summed E-state index contributed by atoms with van der Waals surface area (Å²) >= 11 is 0. The Labute approximate surface area is 106 Å². The molecule has 1 aliphatic heterocycles. The average molecular weight is 250 g/mol. The van der Waals surface area contributed by atoms with Crippen molar-refractivity contribution in [1.82, 2.24) is 0 Å². The van der Waals surface area contributed by atoms with Crippen molar-refractivity contribution >= 4 is 11.6 Å². The summed E-state index contributed by atoms with van der Waals surface area (Å²) in [6.45, 7) is 4.33. The number of benzene rings is 1. The molecule has 0 saturated carbocycles. The fourth-order valence-corrected chi connectivity index (χ4v) is 1.94. The average Bonchev–Trinajstić information content (AvgIpc) is 2.82. The van der Waals surface area contributed by atoms with Gasteiger partial charge in [0.05, 0.1) is 5.69 Å². The van der Waals surface area contributed by atoms with Crippen LogP contribution in [0.25, 0.3) is 0 Å². The van der Waals surface area contributed by atoms with Crippen LogP contribution in [-0.4, -0.2) is 26.3 Å². The van der Waals surface area contributed by atoms with Gasteiger partial charge in [-0.25, -0.2) is 0 Å². The highest BCUT2D eigenvalue weighted by Crippen LogP contribution is 2.38. The molecule has 0 spiro atoms. The maximum Gasteiger partial charge on any atom is 0.231 e. The third-order valence-electron chi connectivity index (χ3n) is 3.16. The number of carbonyl (C=O) groups excluding carboxylic acids is 1.